The molecule has 0 N–H and O–H groups in total. The van der Waals surface area contributed by atoms with Crippen molar-refractivity contribution in [2.45, 2.75) is 25.4 Å². The first-order valence-electron chi connectivity index (χ1n) is 6.68. The van der Waals surface area contributed by atoms with E-state index in [4.69, 9.17) is 9.47 Å². The lowest BCUT2D eigenvalue weighted by Crippen LogP contribution is -2.35. The molecule has 19 heavy (non-hydrogen) atoms. The summed E-state index contributed by atoms with van der Waals surface area (Å²) in [6.07, 6.45) is 2.29. The van der Waals surface area contributed by atoms with Crippen LogP contribution >= 0.6 is 0 Å². The molecule has 0 bridgehead atoms. The van der Waals surface area contributed by atoms with Gasteiger partial charge in [-0.3, -0.25) is 4.79 Å². The SMILES string of the molecule is COc1ccc(CC(=O)OC2CCN(C)CC2)cc1. The van der Waals surface area contributed by atoms with Gasteiger partial charge in [-0.25, -0.2) is 0 Å². The number of likely N-dealkylation sites (tertiary alicyclic amines) is 1. The van der Waals surface area contributed by atoms with Crippen molar-refractivity contribution in [1.29, 1.82) is 0 Å². The van der Waals surface area contributed by atoms with Crippen LogP contribution in [0.1, 0.15) is 18.4 Å². The average molecular weight is 263 g/mol. The average Bonchev–Trinajstić information content (AvgIpc) is 2.42. The van der Waals surface area contributed by atoms with E-state index in [9.17, 15) is 4.79 Å². The van der Waals surface area contributed by atoms with Crippen LogP contribution in [0, 0.1) is 0 Å². The quantitative estimate of drug-likeness (QED) is 0.777. The Labute approximate surface area is 114 Å². The second kappa shape index (κ2) is 6.57. The number of hydrogen-bond acceptors (Lipinski definition) is 4. The van der Waals surface area contributed by atoms with Crippen LogP contribution in [0.25, 0.3) is 0 Å². The molecule has 1 fully saturated rings. The maximum Gasteiger partial charge on any atom is 0.310 e. The van der Waals surface area contributed by atoms with Crippen molar-refractivity contribution in [2.24, 2.45) is 0 Å². The fourth-order valence-electron chi connectivity index (χ4n) is 2.24. The molecule has 1 saturated heterocycles. The maximum absolute atomic E-state index is 11.8. The monoisotopic (exact) mass is 263 g/mol. The fourth-order valence-corrected chi connectivity index (χ4v) is 2.24. The van der Waals surface area contributed by atoms with Gasteiger partial charge in [0.1, 0.15) is 11.9 Å². The summed E-state index contributed by atoms with van der Waals surface area (Å²) >= 11 is 0. The minimum atomic E-state index is -0.139. The lowest BCUT2D eigenvalue weighted by molar-refractivity contribution is -0.150. The summed E-state index contributed by atoms with van der Waals surface area (Å²) < 4.78 is 10.6. The minimum Gasteiger partial charge on any atom is -0.497 e. The van der Waals surface area contributed by atoms with E-state index in [1.165, 1.54) is 0 Å². The highest BCUT2D eigenvalue weighted by Gasteiger charge is 2.20. The van der Waals surface area contributed by atoms with Gasteiger partial charge in [0.2, 0.25) is 0 Å². The molecule has 2 rings (SSSR count). The van der Waals surface area contributed by atoms with Crippen LogP contribution in [-0.2, 0) is 16.0 Å². The second-order valence-corrected chi connectivity index (χ2v) is 5.02. The van der Waals surface area contributed by atoms with Crippen LogP contribution in [-0.4, -0.2) is 44.2 Å². The molecule has 1 aromatic carbocycles. The highest BCUT2D eigenvalue weighted by Crippen LogP contribution is 2.15. The predicted octanol–water partition coefficient (Wildman–Crippen LogP) is 1.88. The number of ether oxygens (including phenoxy) is 2. The number of esters is 1. The van der Waals surface area contributed by atoms with Crippen molar-refractivity contribution in [3.05, 3.63) is 29.8 Å². The highest BCUT2D eigenvalue weighted by molar-refractivity contribution is 5.72. The molecular formula is C15H21NO3. The lowest BCUT2D eigenvalue weighted by atomic mass is 10.1. The Kier molecular flexibility index (Phi) is 4.80. The van der Waals surface area contributed by atoms with Crippen molar-refractivity contribution < 1.29 is 14.3 Å². The number of piperidine rings is 1. The van der Waals surface area contributed by atoms with Crippen molar-refractivity contribution in [3.8, 4) is 5.75 Å². The molecule has 0 saturated carbocycles. The van der Waals surface area contributed by atoms with Gasteiger partial charge in [0, 0.05) is 13.1 Å². The maximum atomic E-state index is 11.8. The number of carbonyl (C=O) groups is 1. The Morgan fingerprint density at radius 1 is 1.26 bits per heavy atom. The Morgan fingerprint density at radius 2 is 1.89 bits per heavy atom. The van der Waals surface area contributed by atoms with Gasteiger partial charge in [-0.2, -0.15) is 0 Å². The molecule has 0 amide bonds. The highest BCUT2D eigenvalue weighted by atomic mass is 16.5. The van der Waals surface area contributed by atoms with Crippen LogP contribution in [0.5, 0.6) is 5.75 Å². The van der Waals surface area contributed by atoms with Crippen molar-refractivity contribution in [1.82, 2.24) is 4.90 Å². The van der Waals surface area contributed by atoms with E-state index >= 15 is 0 Å². The third-order valence-corrected chi connectivity index (χ3v) is 3.47. The molecule has 0 spiro atoms. The van der Waals surface area contributed by atoms with E-state index in [2.05, 4.69) is 11.9 Å². The fraction of sp³-hybridized carbons (Fsp3) is 0.533. The second-order valence-electron chi connectivity index (χ2n) is 5.02. The zero-order valence-electron chi connectivity index (χ0n) is 11.6. The Bertz CT molecular complexity index is 408. The molecule has 0 atom stereocenters. The first kappa shape index (κ1) is 13.9. The molecular weight excluding hydrogens is 242 g/mol. The third kappa shape index (κ3) is 4.24. The van der Waals surface area contributed by atoms with Gasteiger partial charge < -0.3 is 14.4 Å². The molecule has 1 aliphatic rings. The summed E-state index contributed by atoms with van der Waals surface area (Å²) in [4.78, 5) is 14.1. The molecule has 0 unspecified atom stereocenters. The van der Waals surface area contributed by atoms with E-state index in [-0.39, 0.29) is 12.1 Å². The van der Waals surface area contributed by atoms with Gasteiger partial charge in [-0.05, 0) is 37.6 Å². The molecule has 0 aliphatic carbocycles. The first-order chi connectivity index (χ1) is 9.17. The molecule has 1 aromatic rings. The van der Waals surface area contributed by atoms with Gasteiger partial charge in [0.05, 0.1) is 13.5 Å². The number of rotatable bonds is 4. The largest absolute Gasteiger partial charge is 0.497 e. The van der Waals surface area contributed by atoms with E-state index in [1.54, 1.807) is 7.11 Å². The van der Waals surface area contributed by atoms with Crippen LogP contribution in [0.2, 0.25) is 0 Å². The van der Waals surface area contributed by atoms with Crippen molar-refractivity contribution >= 4 is 5.97 Å². The standard InChI is InChI=1S/C15H21NO3/c1-16-9-7-14(8-10-16)19-15(17)11-12-3-5-13(18-2)6-4-12/h3-6,14H,7-11H2,1-2H3. The van der Waals surface area contributed by atoms with Gasteiger partial charge in [-0.15, -0.1) is 0 Å². The molecule has 1 aliphatic heterocycles. The van der Waals surface area contributed by atoms with Gasteiger partial charge >= 0.3 is 5.97 Å². The van der Waals surface area contributed by atoms with Crippen molar-refractivity contribution in [3.63, 3.8) is 0 Å². The smallest absolute Gasteiger partial charge is 0.310 e. The van der Waals surface area contributed by atoms with Gasteiger partial charge in [0.25, 0.3) is 0 Å². The molecule has 0 radical (unpaired) electrons. The zero-order chi connectivity index (χ0) is 13.7. The third-order valence-electron chi connectivity index (χ3n) is 3.47. The van der Waals surface area contributed by atoms with Crippen LogP contribution in [0.15, 0.2) is 24.3 Å². The topological polar surface area (TPSA) is 38.8 Å². The van der Waals surface area contributed by atoms with Crippen LogP contribution < -0.4 is 4.74 Å². The summed E-state index contributed by atoms with van der Waals surface area (Å²) in [5, 5.41) is 0. The molecule has 4 heteroatoms. The molecule has 4 nitrogen and oxygen atoms in total. The summed E-state index contributed by atoms with van der Waals surface area (Å²) in [5.74, 6) is 0.659. The first-order valence-corrected chi connectivity index (χ1v) is 6.68. The molecule has 1 heterocycles. The molecule has 104 valence electrons. The van der Waals surface area contributed by atoms with Gasteiger partial charge in [-0.1, -0.05) is 12.1 Å². The summed E-state index contributed by atoms with van der Waals surface area (Å²) in [6, 6.07) is 7.51. The predicted molar refractivity (Wildman–Crippen MR) is 73.3 cm³/mol. The van der Waals surface area contributed by atoms with Gasteiger partial charge in [0.15, 0.2) is 0 Å². The Hall–Kier alpha value is -1.55. The number of methoxy groups -OCH3 is 1. The minimum absolute atomic E-state index is 0.0851. The Morgan fingerprint density at radius 3 is 2.47 bits per heavy atom. The Balaban J connectivity index is 1.80. The van der Waals surface area contributed by atoms with E-state index < -0.39 is 0 Å². The lowest BCUT2D eigenvalue weighted by Gasteiger charge is -2.28. The van der Waals surface area contributed by atoms with E-state index in [1.807, 2.05) is 24.3 Å². The number of benzene rings is 1. The summed E-state index contributed by atoms with van der Waals surface area (Å²) in [5.41, 5.74) is 0.957. The van der Waals surface area contributed by atoms with Crippen LogP contribution in [0.4, 0.5) is 0 Å². The number of carbonyl (C=O) groups excluding carboxylic acids is 1. The summed E-state index contributed by atoms with van der Waals surface area (Å²) in [7, 11) is 3.72. The normalized spacial score (nSPS) is 17.2. The number of nitrogens with zero attached hydrogens (tertiary/aromatic N) is 1. The zero-order valence-corrected chi connectivity index (χ0v) is 11.6. The van der Waals surface area contributed by atoms with E-state index in [0.717, 1.165) is 37.2 Å². The van der Waals surface area contributed by atoms with E-state index in [0.29, 0.717) is 6.42 Å². The number of hydrogen-bond donors (Lipinski definition) is 0. The molecule has 0 aromatic heterocycles. The summed E-state index contributed by atoms with van der Waals surface area (Å²) in [6.45, 7) is 2.00. The van der Waals surface area contributed by atoms with Crippen molar-refractivity contribution in [2.75, 3.05) is 27.2 Å². The van der Waals surface area contributed by atoms with Crippen LogP contribution in [0.3, 0.4) is 0 Å².